The van der Waals surface area contributed by atoms with Gasteiger partial charge in [0.2, 0.25) is 0 Å². The Morgan fingerprint density at radius 3 is 3.00 bits per heavy atom. The van der Waals surface area contributed by atoms with Crippen LogP contribution in [0.15, 0.2) is 25.5 Å². The molecule has 0 saturated heterocycles. The van der Waals surface area contributed by atoms with Gasteiger partial charge in [0, 0.05) is 6.54 Å². The summed E-state index contributed by atoms with van der Waals surface area (Å²) in [6.07, 6.45) is 0. The van der Waals surface area contributed by atoms with E-state index in [4.69, 9.17) is 0 Å². The molecule has 4 nitrogen and oxygen atoms in total. The van der Waals surface area contributed by atoms with Gasteiger partial charge in [0.15, 0.2) is 0 Å². The number of nitrogens with zero attached hydrogens (tertiary/aromatic N) is 1. The Morgan fingerprint density at radius 2 is 2.31 bits per heavy atom. The highest BCUT2D eigenvalue weighted by Crippen LogP contribution is 2.14. The summed E-state index contributed by atoms with van der Waals surface area (Å²) < 4.78 is 6.47. The maximum atomic E-state index is 11.2. The van der Waals surface area contributed by atoms with Crippen LogP contribution in [0.2, 0.25) is 0 Å². The Hall–Kier alpha value is -1.36. The first-order chi connectivity index (χ1) is 6.24. The van der Waals surface area contributed by atoms with E-state index in [-0.39, 0.29) is 0 Å². The molecule has 0 aromatic carbocycles. The Kier molecular flexibility index (Phi) is 1.81. The van der Waals surface area contributed by atoms with Gasteiger partial charge in [-0.1, -0.05) is 0 Å². The van der Waals surface area contributed by atoms with Crippen molar-refractivity contribution in [2.75, 3.05) is 0 Å². The summed E-state index contributed by atoms with van der Waals surface area (Å²) >= 11 is 1.29. The van der Waals surface area contributed by atoms with Gasteiger partial charge in [-0.05, 0) is 18.4 Å². The van der Waals surface area contributed by atoms with Crippen molar-refractivity contribution in [1.29, 1.82) is 0 Å². The lowest BCUT2D eigenvalue weighted by Gasteiger charge is -1.99. The highest BCUT2D eigenvalue weighted by molar-refractivity contribution is 7.17. The molecule has 2 aromatic heterocycles. The third-order valence-electron chi connectivity index (χ3n) is 1.84. The minimum Gasteiger partial charge on any atom is -0.371 e. The quantitative estimate of drug-likeness (QED) is 0.686. The molecule has 0 aliphatic heterocycles. The van der Waals surface area contributed by atoms with E-state index in [9.17, 15) is 9.59 Å². The van der Waals surface area contributed by atoms with Gasteiger partial charge < -0.3 is 4.42 Å². The predicted octanol–water partition coefficient (Wildman–Crippen LogP) is 1.04. The van der Waals surface area contributed by atoms with Crippen LogP contribution in [0.1, 0.15) is 6.92 Å². The fourth-order valence-electron chi connectivity index (χ4n) is 1.25. The summed E-state index contributed by atoms with van der Waals surface area (Å²) in [5, 5.41) is 1.77. The number of hydrogen-bond acceptors (Lipinski definition) is 4. The maximum absolute atomic E-state index is 11.2. The summed E-state index contributed by atoms with van der Waals surface area (Å²) in [5.41, 5.74) is 0.119. The molecule has 13 heavy (non-hydrogen) atoms. The SMILES string of the molecule is CCn1c(=O)oc(=O)c2sccc21. The van der Waals surface area contributed by atoms with Crippen LogP contribution in [0, 0.1) is 0 Å². The van der Waals surface area contributed by atoms with Gasteiger partial charge in [-0.25, -0.2) is 9.59 Å². The molecule has 0 bridgehead atoms. The minimum absolute atomic E-state index is 0.501. The number of aromatic nitrogens is 1. The van der Waals surface area contributed by atoms with Gasteiger partial charge in [-0.2, -0.15) is 0 Å². The van der Waals surface area contributed by atoms with Crippen LogP contribution < -0.4 is 11.4 Å². The third kappa shape index (κ3) is 1.12. The first kappa shape index (κ1) is 8.25. The monoisotopic (exact) mass is 197 g/mol. The van der Waals surface area contributed by atoms with E-state index < -0.39 is 11.4 Å². The van der Waals surface area contributed by atoms with E-state index in [1.165, 1.54) is 15.9 Å². The van der Waals surface area contributed by atoms with Crippen molar-refractivity contribution < 1.29 is 4.42 Å². The highest BCUT2D eigenvalue weighted by Gasteiger charge is 2.08. The van der Waals surface area contributed by atoms with Crippen molar-refractivity contribution in [3.05, 3.63) is 32.4 Å². The highest BCUT2D eigenvalue weighted by atomic mass is 32.1. The molecule has 0 unspecified atom stereocenters. The summed E-state index contributed by atoms with van der Waals surface area (Å²) in [7, 11) is 0. The largest absolute Gasteiger partial charge is 0.422 e. The van der Waals surface area contributed by atoms with Gasteiger partial charge in [0.05, 0.1) is 5.52 Å². The van der Waals surface area contributed by atoms with Crippen molar-refractivity contribution >= 4 is 21.6 Å². The summed E-state index contributed by atoms with van der Waals surface area (Å²) in [6, 6.07) is 1.75. The van der Waals surface area contributed by atoms with E-state index in [2.05, 4.69) is 4.42 Å². The third-order valence-corrected chi connectivity index (χ3v) is 2.72. The molecular weight excluding hydrogens is 190 g/mol. The average molecular weight is 197 g/mol. The van der Waals surface area contributed by atoms with Crippen LogP contribution in [0.3, 0.4) is 0 Å². The van der Waals surface area contributed by atoms with Crippen LogP contribution in [0.25, 0.3) is 10.2 Å². The Bertz CT molecular complexity index is 548. The molecule has 0 fully saturated rings. The summed E-state index contributed by atoms with van der Waals surface area (Å²) in [5.74, 6) is -0.585. The van der Waals surface area contributed by atoms with Crippen molar-refractivity contribution in [3.8, 4) is 0 Å². The molecule has 0 saturated carbocycles. The van der Waals surface area contributed by atoms with Gasteiger partial charge in [0.1, 0.15) is 4.70 Å². The summed E-state index contributed by atoms with van der Waals surface area (Å²) in [4.78, 5) is 22.3. The van der Waals surface area contributed by atoms with Crippen molar-refractivity contribution in [2.24, 2.45) is 0 Å². The molecule has 0 aliphatic rings. The van der Waals surface area contributed by atoms with E-state index in [1.807, 2.05) is 6.92 Å². The van der Waals surface area contributed by atoms with Crippen molar-refractivity contribution in [3.63, 3.8) is 0 Å². The Labute approximate surface area is 77.0 Å². The Morgan fingerprint density at radius 1 is 1.54 bits per heavy atom. The average Bonchev–Trinajstić information content (AvgIpc) is 2.53. The fourth-order valence-corrected chi connectivity index (χ4v) is 2.02. The van der Waals surface area contributed by atoms with Crippen LogP contribution >= 0.6 is 11.3 Å². The van der Waals surface area contributed by atoms with Crippen LogP contribution in [-0.4, -0.2) is 4.57 Å². The second-order valence-corrected chi connectivity index (χ2v) is 3.45. The van der Waals surface area contributed by atoms with Gasteiger partial charge >= 0.3 is 11.4 Å². The van der Waals surface area contributed by atoms with E-state index >= 15 is 0 Å². The van der Waals surface area contributed by atoms with E-state index in [0.29, 0.717) is 16.8 Å². The minimum atomic E-state index is -0.585. The number of aryl methyl sites for hydroxylation is 1. The molecule has 2 rings (SSSR count). The molecule has 0 amide bonds. The zero-order chi connectivity index (χ0) is 9.42. The first-order valence-corrected chi connectivity index (χ1v) is 4.73. The lowest BCUT2D eigenvalue weighted by atomic mass is 10.4. The molecule has 2 aromatic rings. The van der Waals surface area contributed by atoms with Crippen LogP contribution in [0.4, 0.5) is 0 Å². The number of hydrogen-bond donors (Lipinski definition) is 0. The second kappa shape index (κ2) is 2.85. The zero-order valence-electron chi connectivity index (χ0n) is 6.94. The molecular formula is C8H7NO3S. The lowest BCUT2D eigenvalue weighted by Crippen LogP contribution is -2.23. The molecule has 0 aliphatic carbocycles. The number of thiophene rings is 1. The van der Waals surface area contributed by atoms with Crippen molar-refractivity contribution in [1.82, 2.24) is 4.57 Å². The van der Waals surface area contributed by atoms with Gasteiger partial charge in [-0.15, -0.1) is 11.3 Å². The van der Waals surface area contributed by atoms with Crippen LogP contribution in [-0.2, 0) is 6.54 Å². The van der Waals surface area contributed by atoms with E-state index in [0.717, 1.165) is 0 Å². The molecule has 5 heteroatoms. The molecule has 0 atom stereocenters. The van der Waals surface area contributed by atoms with Crippen molar-refractivity contribution in [2.45, 2.75) is 13.5 Å². The maximum Gasteiger partial charge on any atom is 0.422 e. The standard InChI is InChI=1S/C8H7NO3S/c1-2-9-5-3-4-13-6(5)7(10)12-8(9)11/h3-4H,2H2,1H3. The molecule has 2 heterocycles. The predicted molar refractivity (Wildman–Crippen MR) is 50.3 cm³/mol. The smallest absolute Gasteiger partial charge is 0.371 e. The molecule has 0 spiro atoms. The second-order valence-electron chi connectivity index (χ2n) is 2.53. The molecule has 0 radical (unpaired) electrons. The first-order valence-electron chi connectivity index (χ1n) is 3.85. The summed E-state index contributed by atoms with van der Waals surface area (Å²) in [6.45, 7) is 2.34. The number of rotatable bonds is 1. The number of fused-ring (bicyclic) bond motifs is 1. The van der Waals surface area contributed by atoms with Gasteiger partial charge in [-0.3, -0.25) is 4.57 Å². The molecule has 0 N–H and O–H groups in total. The normalized spacial score (nSPS) is 10.8. The zero-order valence-corrected chi connectivity index (χ0v) is 7.76. The lowest BCUT2D eigenvalue weighted by molar-refractivity contribution is 0.422. The topological polar surface area (TPSA) is 52.2 Å². The van der Waals surface area contributed by atoms with Gasteiger partial charge in [0.25, 0.3) is 0 Å². The van der Waals surface area contributed by atoms with Crippen LogP contribution in [0.5, 0.6) is 0 Å². The fraction of sp³-hybridized carbons (Fsp3) is 0.250. The molecule has 68 valence electrons. The Balaban J connectivity index is 3.06. The van der Waals surface area contributed by atoms with E-state index in [1.54, 1.807) is 11.4 Å².